The SMILES string of the molecule is COCOc1cc(OCC(F)(F)F)cc2c1C(=O)O[C@@H](C)[C@H](C)/C=C\C(O)[C@H]1OC(C)(C)O[C@H]1CC=C2. The van der Waals surface area contributed by atoms with E-state index < -0.39 is 49.0 Å². The summed E-state index contributed by atoms with van der Waals surface area (Å²) in [5.74, 6) is -2.16. The van der Waals surface area contributed by atoms with E-state index in [4.69, 9.17) is 28.4 Å². The molecule has 2 heterocycles. The maximum absolute atomic E-state index is 13.3. The Kier molecular flexibility index (Phi) is 9.27. The molecule has 2 aliphatic heterocycles. The number of hydrogen-bond donors (Lipinski definition) is 1. The van der Waals surface area contributed by atoms with Crippen LogP contribution in [-0.4, -0.2) is 68.0 Å². The van der Waals surface area contributed by atoms with Gasteiger partial charge in [0.1, 0.15) is 35.4 Å². The first-order chi connectivity index (χ1) is 17.3. The van der Waals surface area contributed by atoms with Crippen LogP contribution in [0.1, 0.15) is 50.0 Å². The standard InChI is InChI=1S/C26H33F3O8/c1-15-9-10-19(30)23-20(36-25(3,4)37-23)8-6-7-17-11-18(33-13-26(27,28)29)12-21(34-14-32-5)22(17)24(31)35-16(15)2/h6-7,9-12,15-16,19-20,23,30H,8,13-14H2,1-5H3/b7-6?,10-9-/t15-,16+,19?,20+,23-/m1/s1. The van der Waals surface area contributed by atoms with Crippen LogP contribution in [0.25, 0.3) is 6.08 Å². The summed E-state index contributed by atoms with van der Waals surface area (Å²) >= 11 is 0. The van der Waals surface area contributed by atoms with E-state index >= 15 is 0 Å². The number of methoxy groups -OCH3 is 1. The number of aliphatic hydroxyl groups excluding tert-OH is 1. The quantitative estimate of drug-likeness (QED) is 0.334. The highest BCUT2D eigenvalue weighted by atomic mass is 19.4. The first kappa shape index (κ1) is 29.0. The summed E-state index contributed by atoms with van der Waals surface area (Å²) in [5, 5.41) is 10.8. The molecule has 2 aliphatic rings. The van der Waals surface area contributed by atoms with Crippen molar-refractivity contribution in [2.24, 2.45) is 5.92 Å². The van der Waals surface area contributed by atoms with Crippen LogP contribution in [0.15, 0.2) is 30.4 Å². The molecule has 1 fully saturated rings. The van der Waals surface area contributed by atoms with Gasteiger partial charge < -0.3 is 33.5 Å². The number of alkyl halides is 3. The third-order valence-corrected chi connectivity index (χ3v) is 5.91. The first-order valence-corrected chi connectivity index (χ1v) is 11.9. The molecular formula is C26H33F3O8. The van der Waals surface area contributed by atoms with Gasteiger partial charge in [0.2, 0.25) is 0 Å². The fraction of sp³-hybridized carbons (Fsp3) is 0.577. The smallest absolute Gasteiger partial charge is 0.422 e. The summed E-state index contributed by atoms with van der Waals surface area (Å²) in [6.45, 7) is 5.21. The number of hydrogen-bond acceptors (Lipinski definition) is 8. The molecule has 0 amide bonds. The van der Waals surface area contributed by atoms with Crippen molar-refractivity contribution in [1.82, 2.24) is 0 Å². The second-order valence-corrected chi connectivity index (χ2v) is 9.46. The van der Waals surface area contributed by atoms with E-state index in [1.165, 1.54) is 19.2 Å². The fourth-order valence-corrected chi connectivity index (χ4v) is 4.00. The highest BCUT2D eigenvalue weighted by molar-refractivity contribution is 5.97. The molecule has 1 unspecified atom stereocenters. The number of carbonyl (C=O) groups excluding carboxylic acids is 1. The summed E-state index contributed by atoms with van der Waals surface area (Å²) < 4.78 is 71.3. The topological polar surface area (TPSA) is 92.7 Å². The Balaban J connectivity index is 2.07. The second kappa shape index (κ2) is 11.8. The van der Waals surface area contributed by atoms with Crippen LogP contribution in [-0.2, 0) is 18.9 Å². The molecule has 37 heavy (non-hydrogen) atoms. The molecule has 0 aliphatic carbocycles. The van der Waals surface area contributed by atoms with Gasteiger partial charge >= 0.3 is 12.1 Å². The number of rotatable bonds is 5. The molecule has 0 bridgehead atoms. The molecule has 0 spiro atoms. The Bertz CT molecular complexity index is 1000. The molecule has 206 valence electrons. The maximum Gasteiger partial charge on any atom is 0.422 e. The fourth-order valence-electron chi connectivity index (χ4n) is 4.00. The van der Waals surface area contributed by atoms with Gasteiger partial charge in [-0.25, -0.2) is 4.79 Å². The average molecular weight is 531 g/mol. The Morgan fingerprint density at radius 3 is 2.54 bits per heavy atom. The number of cyclic esters (lactones) is 1. The Labute approximate surface area is 213 Å². The van der Waals surface area contributed by atoms with Crippen molar-refractivity contribution >= 4 is 12.0 Å². The van der Waals surface area contributed by atoms with Crippen LogP contribution in [0.5, 0.6) is 11.5 Å². The van der Waals surface area contributed by atoms with Gasteiger partial charge in [0.05, 0.1) is 6.10 Å². The van der Waals surface area contributed by atoms with Gasteiger partial charge in [-0.2, -0.15) is 13.2 Å². The van der Waals surface area contributed by atoms with E-state index in [2.05, 4.69) is 0 Å². The lowest BCUT2D eigenvalue weighted by Crippen LogP contribution is -2.34. The minimum atomic E-state index is -4.56. The minimum Gasteiger partial charge on any atom is -0.484 e. The van der Waals surface area contributed by atoms with Crippen molar-refractivity contribution in [3.05, 3.63) is 41.5 Å². The van der Waals surface area contributed by atoms with E-state index in [-0.39, 0.29) is 41.8 Å². The Hall–Kier alpha value is -2.60. The lowest BCUT2D eigenvalue weighted by molar-refractivity contribution is -0.153. The molecule has 0 radical (unpaired) electrons. The lowest BCUT2D eigenvalue weighted by Gasteiger charge is -2.23. The third-order valence-electron chi connectivity index (χ3n) is 5.91. The van der Waals surface area contributed by atoms with Gasteiger partial charge in [0.15, 0.2) is 19.2 Å². The molecule has 1 aromatic carbocycles. The summed E-state index contributed by atoms with van der Waals surface area (Å²) in [6, 6.07) is 2.50. The van der Waals surface area contributed by atoms with E-state index in [1.54, 1.807) is 45.1 Å². The van der Waals surface area contributed by atoms with Crippen LogP contribution >= 0.6 is 0 Å². The highest BCUT2D eigenvalue weighted by Gasteiger charge is 2.43. The zero-order chi connectivity index (χ0) is 27.4. The van der Waals surface area contributed by atoms with Gasteiger partial charge in [0, 0.05) is 19.1 Å². The van der Waals surface area contributed by atoms with Crippen LogP contribution in [0.4, 0.5) is 13.2 Å². The number of carbonyl (C=O) groups is 1. The lowest BCUT2D eigenvalue weighted by atomic mass is 9.99. The molecule has 3 rings (SSSR count). The number of ether oxygens (including phenoxy) is 6. The van der Waals surface area contributed by atoms with Crippen molar-refractivity contribution in [1.29, 1.82) is 0 Å². The number of aliphatic hydroxyl groups is 1. The molecule has 11 heteroatoms. The van der Waals surface area contributed by atoms with Crippen molar-refractivity contribution in [3.8, 4) is 11.5 Å². The average Bonchev–Trinajstić information content (AvgIpc) is 3.12. The van der Waals surface area contributed by atoms with Gasteiger partial charge in [-0.15, -0.1) is 0 Å². The summed E-state index contributed by atoms with van der Waals surface area (Å²) in [6.07, 6.45) is -0.502. The van der Waals surface area contributed by atoms with Gasteiger partial charge in [0.25, 0.3) is 0 Å². The van der Waals surface area contributed by atoms with Crippen molar-refractivity contribution in [2.45, 2.75) is 70.5 Å². The number of fused-ring (bicyclic) bond motifs is 2. The van der Waals surface area contributed by atoms with Crippen LogP contribution in [0, 0.1) is 5.92 Å². The molecular weight excluding hydrogens is 497 g/mol. The van der Waals surface area contributed by atoms with Crippen molar-refractivity contribution in [2.75, 3.05) is 20.5 Å². The zero-order valence-corrected chi connectivity index (χ0v) is 21.4. The van der Waals surface area contributed by atoms with Crippen molar-refractivity contribution < 1.29 is 51.5 Å². The van der Waals surface area contributed by atoms with Crippen LogP contribution in [0.3, 0.4) is 0 Å². The molecule has 1 N–H and O–H groups in total. The highest BCUT2D eigenvalue weighted by Crippen LogP contribution is 2.35. The van der Waals surface area contributed by atoms with E-state index in [1.807, 2.05) is 6.92 Å². The molecule has 1 saturated heterocycles. The van der Waals surface area contributed by atoms with Gasteiger partial charge in [-0.05, 0) is 38.8 Å². The normalized spacial score (nSPS) is 29.0. The predicted octanol–water partition coefficient (Wildman–Crippen LogP) is 4.65. The summed E-state index contributed by atoms with van der Waals surface area (Å²) in [5.41, 5.74) is 0.228. The van der Waals surface area contributed by atoms with E-state index in [0.29, 0.717) is 0 Å². The number of esters is 1. The van der Waals surface area contributed by atoms with Gasteiger partial charge in [-0.3, -0.25) is 0 Å². The monoisotopic (exact) mass is 530 g/mol. The number of benzene rings is 1. The van der Waals surface area contributed by atoms with Crippen molar-refractivity contribution in [3.63, 3.8) is 0 Å². The largest absolute Gasteiger partial charge is 0.484 e. The molecule has 0 aromatic heterocycles. The van der Waals surface area contributed by atoms with E-state index in [0.717, 1.165) is 0 Å². The minimum absolute atomic E-state index is 0.00764. The zero-order valence-electron chi connectivity index (χ0n) is 21.4. The second-order valence-electron chi connectivity index (χ2n) is 9.46. The Morgan fingerprint density at radius 1 is 1.14 bits per heavy atom. The summed E-state index contributed by atoms with van der Waals surface area (Å²) in [7, 11) is 1.37. The Morgan fingerprint density at radius 2 is 1.86 bits per heavy atom. The number of halogens is 3. The van der Waals surface area contributed by atoms with E-state index in [9.17, 15) is 23.1 Å². The molecule has 1 aromatic rings. The predicted molar refractivity (Wildman–Crippen MR) is 127 cm³/mol. The molecule has 0 saturated carbocycles. The first-order valence-electron chi connectivity index (χ1n) is 11.9. The van der Waals surface area contributed by atoms with Crippen LogP contribution < -0.4 is 9.47 Å². The third kappa shape index (κ3) is 7.94. The van der Waals surface area contributed by atoms with Gasteiger partial charge in [-0.1, -0.05) is 31.2 Å². The molecule has 8 nitrogen and oxygen atoms in total. The maximum atomic E-state index is 13.3. The summed E-state index contributed by atoms with van der Waals surface area (Å²) in [4.78, 5) is 13.3. The van der Waals surface area contributed by atoms with Crippen LogP contribution in [0.2, 0.25) is 0 Å². The molecule has 5 atom stereocenters.